The molecule has 0 aliphatic carbocycles. The van der Waals surface area contributed by atoms with Gasteiger partial charge in [-0.2, -0.15) is 0 Å². The molecule has 0 aliphatic rings. The Hall–Kier alpha value is -3.55. The number of nitrogens with one attached hydrogen (secondary N) is 1. The molecule has 1 N–H and O–H groups in total. The lowest BCUT2D eigenvalue weighted by Crippen LogP contribution is -2.32. The summed E-state index contributed by atoms with van der Waals surface area (Å²) in [6.07, 6.45) is 0. The van der Waals surface area contributed by atoms with Gasteiger partial charge in [-0.25, -0.2) is 9.97 Å². The van der Waals surface area contributed by atoms with Crippen molar-refractivity contribution < 1.29 is 9.32 Å². The molecular weight excluding hydrogens is 382 g/mol. The van der Waals surface area contributed by atoms with Crippen LogP contribution in [0, 0.1) is 6.92 Å². The van der Waals surface area contributed by atoms with E-state index in [4.69, 9.17) is 4.52 Å². The number of fused-ring (bicyclic) bond motifs is 2. The van der Waals surface area contributed by atoms with E-state index >= 15 is 0 Å². The van der Waals surface area contributed by atoms with E-state index in [0.717, 1.165) is 5.69 Å². The Morgan fingerprint density at radius 3 is 2.73 bits per heavy atom. The average Bonchev–Trinajstić information content (AvgIpc) is 3.12. The predicted octanol–water partition coefficient (Wildman–Crippen LogP) is 3.55. The zero-order valence-electron chi connectivity index (χ0n) is 17.4. The lowest BCUT2D eigenvalue weighted by Gasteiger charge is -2.21. The topological polar surface area (TPSA) is 105 Å². The summed E-state index contributed by atoms with van der Waals surface area (Å²) < 4.78 is 5.33. The second-order valence-corrected chi connectivity index (χ2v) is 7.55. The number of carbonyl (C=O) groups is 1. The minimum absolute atomic E-state index is 0.125. The van der Waals surface area contributed by atoms with Crippen molar-refractivity contribution >= 4 is 27.9 Å². The lowest BCUT2D eigenvalue weighted by molar-refractivity contribution is 0.0750. The van der Waals surface area contributed by atoms with Gasteiger partial charge in [-0.05, 0) is 38.0 Å². The summed E-state index contributed by atoms with van der Waals surface area (Å²) in [4.78, 5) is 39.3. The van der Waals surface area contributed by atoms with Gasteiger partial charge >= 0.3 is 0 Å². The zero-order valence-corrected chi connectivity index (χ0v) is 17.4. The van der Waals surface area contributed by atoms with Gasteiger partial charge in [0, 0.05) is 12.2 Å². The molecule has 1 aromatic carbocycles. The van der Waals surface area contributed by atoms with Gasteiger partial charge in [-0.1, -0.05) is 31.1 Å². The quantitative estimate of drug-likeness (QED) is 0.544. The van der Waals surface area contributed by atoms with E-state index in [1.807, 2.05) is 26.8 Å². The molecule has 0 saturated carbocycles. The fourth-order valence-electron chi connectivity index (χ4n) is 3.47. The van der Waals surface area contributed by atoms with E-state index in [1.54, 1.807) is 36.1 Å². The minimum atomic E-state index is -0.220. The van der Waals surface area contributed by atoms with Crippen LogP contribution < -0.4 is 5.56 Å². The summed E-state index contributed by atoms with van der Waals surface area (Å²) in [6.45, 7) is 8.32. The highest BCUT2D eigenvalue weighted by Crippen LogP contribution is 2.26. The maximum atomic E-state index is 13.5. The van der Waals surface area contributed by atoms with Crippen LogP contribution >= 0.6 is 0 Å². The molecule has 154 valence electrons. The van der Waals surface area contributed by atoms with Gasteiger partial charge in [-0.3, -0.25) is 9.59 Å². The first-order valence-corrected chi connectivity index (χ1v) is 9.93. The van der Waals surface area contributed by atoms with Crippen LogP contribution in [0.2, 0.25) is 0 Å². The van der Waals surface area contributed by atoms with Gasteiger partial charge in [0.05, 0.1) is 34.1 Å². The second-order valence-electron chi connectivity index (χ2n) is 7.55. The first-order valence-electron chi connectivity index (χ1n) is 9.93. The summed E-state index contributed by atoms with van der Waals surface area (Å²) in [7, 11) is 0. The van der Waals surface area contributed by atoms with E-state index < -0.39 is 0 Å². The summed E-state index contributed by atoms with van der Waals surface area (Å²) in [5.41, 5.74) is 2.60. The smallest absolute Gasteiger partial charge is 0.259 e. The molecule has 0 unspecified atom stereocenters. The van der Waals surface area contributed by atoms with Crippen LogP contribution in [0.5, 0.6) is 0 Å². The molecule has 0 spiro atoms. The monoisotopic (exact) mass is 405 g/mol. The number of pyridine rings is 1. The molecule has 4 rings (SSSR count). The van der Waals surface area contributed by atoms with Gasteiger partial charge in [-0.15, -0.1) is 0 Å². The normalized spacial score (nSPS) is 11.5. The van der Waals surface area contributed by atoms with Crippen LogP contribution in [0.25, 0.3) is 22.0 Å². The van der Waals surface area contributed by atoms with Crippen LogP contribution in [-0.2, 0) is 6.54 Å². The summed E-state index contributed by atoms with van der Waals surface area (Å²) >= 11 is 0. The molecule has 8 nitrogen and oxygen atoms in total. The number of para-hydroxylation sites is 1. The van der Waals surface area contributed by atoms with Crippen molar-refractivity contribution in [2.24, 2.45) is 0 Å². The molecule has 3 aromatic heterocycles. The first-order chi connectivity index (χ1) is 14.4. The molecule has 0 bridgehead atoms. The van der Waals surface area contributed by atoms with E-state index in [2.05, 4.69) is 20.1 Å². The number of amides is 1. The Morgan fingerprint density at radius 1 is 1.23 bits per heavy atom. The molecule has 8 heteroatoms. The molecule has 4 aromatic rings. The Labute approximate surface area is 172 Å². The van der Waals surface area contributed by atoms with Crippen LogP contribution in [0.3, 0.4) is 0 Å². The van der Waals surface area contributed by atoms with Crippen molar-refractivity contribution in [1.82, 2.24) is 25.0 Å². The third-order valence-corrected chi connectivity index (χ3v) is 5.13. The number of rotatable bonds is 5. The standard InChI is InChI=1S/C22H23N5O3/c1-5-27(11-18-23-16-9-7-6-8-14(16)20(28)25-18)22(29)15-10-17(12(2)3)24-21-19(15)13(4)26-30-21/h6-10,12H,5,11H2,1-4H3,(H,23,25,28). The maximum Gasteiger partial charge on any atom is 0.259 e. The molecular formula is C22H23N5O3. The van der Waals surface area contributed by atoms with E-state index in [1.165, 1.54) is 0 Å². The number of aromatic amines is 1. The number of aryl methyl sites for hydroxylation is 1. The predicted molar refractivity (Wildman–Crippen MR) is 113 cm³/mol. The zero-order chi connectivity index (χ0) is 21.4. The fraction of sp³-hybridized carbons (Fsp3) is 0.318. The third kappa shape index (κ3) is 3.45. The summed E-state index contributed by atoms with van der Waals surface area (Å²) in [6, 6.07) is 8.94. The first kappa shape index (κ1) is 19.8. The van der Waals surface area contributed by atoms with Crippen molar-refractivity contribution in [1.29, 1.82) is 0 Å². The average molecular weight is 405 g/mol. The van der Waals surface area contributed by atoms with E-state index in [9.17, 15) is 9.59 Å². The fourth-order valence-corrected chi connectivity index (χ4v) is 3.47. The molecule has 0 radical (unpaired) electrons. The molecule has 0 aliphatic heterocycles. The third-order valence-electron chi connectivity index (χ3n) is 5.13. The van der Waals surface area contributed by atoms with Crippen molar-refractivity contribution in [3.63, 3.8) is 0 Å². The summed E-state index contributed by atoms with van der Waals surface area (Å²) in [5.74, 6) is 0.374. The van der Waals surface area contributed by atoms with Gasteiger partial charge in [0.15, 0.2) is 0 Å². The van der Waals surface area contributed by atoms with Gasteiger partial charge in [0.25, 0.3) is 17.2 Å². The number of carbonyl (C=O) groups excluding carboxylic acids is 1. The minimum Gasteiger partial charge on any atom is -0.336 e. The van der Waals surface area contributed by atoms with Gasteiger partial charge < -0.3 is 14.4 Å². The Bertz CT molecular complexity index is 1310. The molecule has 0 fully saturated rings. The largest absolute Gasteiger partial charge is 0.336 e. The number of benzene rings is 1. The van der Waals surface area contributed by atoms with E-state index in [0.29, 0.717) is 45.6 Å². The number of hydrogen-bond donors (Lipinski definition) is 1. The molecule has 3 heterocycles. The number of aromatic nitrogens is 4. The van der Waals surface area contributed by atoms with E-state index in [-0.39, 0.29) is 23.9 Å². The number of hydrogen-bond acceptors (Lipinski definition) is 6. The molecule has 0 saturated heterocycles. The highest BCUT2D eigenvalue weighted by Gasteiger charge is 2.24. The van der Waals surface area contributed by atoms with Crippen molar-refractivity contribution in [3.05, 3.63) is 63.5 Å². The van der Waals surface area contributed by atoms with Crippen LogP contribution in [0.4, 0.5) is 0 Å². The Morgan fingerprint density at radius 2 is 2.00 bits per heavy atom. The maximum absolute atomic E-state index is 13.5. The molecule has 1 amide bonds. The van der Waals surface area contributed by atoms with Crippen molar-refractivity contribution in [2.45, 2.75) is 40.2 Å². The second kappa shape index (κ2) is 7.70. The molecule has 0 atom stereocenters. The highest BCUT2D eigenvalue weighted by atomic mass is 16.5. The van der Waals surface area contributed by atoms with Crippen molar-refractivity contribution in [3.8, 4) is 0 Å². The SMILES string of the molecule is CCN(Cc1nc2ccccc2c(=O)[nH]1)C(=O)c1cc(C(C)C)nc2onc(C)c12. The van der Waals surface area contributed by atoms with Crippen LogP contribution in [0.15, 0.2) is 39.6 Å². The van der Waals surface area contributed by atoms with Crippen molar-refractivity contribution in [2.75, 3.05) is 6.54 Å². The summed E-state index contributed by atoms with van der Waals surface area (Å²) in [5, 5.41) is 5.12. The highest BCUT2D eigenvalue weighted by molar-refractivity contribution is 6.06. The lowest BCUT2D eigenvalue weighted by atomic mass is 10.0. The number of nitrogens with zero attached hydrogens (tertiary/aromatic N) is 4. The molecule has 30 heavy (non-hydrogen) atoms. The van der Waals surface area contributed by atoms with Crippen LogP contribution in [-0.4, -0.2) is 37.5 Å². The van der Waals surface area contributed by atoms with Gasteiger partial charge in [0.2, 0.25) is 0 Å². The Balaban J connectivity index is 1.75. The Kier molecular flexibility index (Phi) is 5.07. The number of H-pyrrole nitrogens is 1. The van der Waals surface area contributed by atoms with Crippen LogP contribution in [0.1, 0.15) is 54.3 Å². The van der Waals surface area contributed by atoms with Gasteiger partial charge in [0.1, 0.15) is 5.82 Å².